The Bertz CT molecular complexity index is 952. The number of ketones is 3. The van der Waals surface area contributed by atoms with E-state index in [0.29, 0.717) is 24.9 Å². The molecule has 1 aliphatic carbocycles. The zero-order chi connectivity index (χ0) is 26.2. The molecule has 0 bridgehead atoms. The number of nitrogens with zero attached hydrogens (tertiary/aromatic N) is 1. The van der Waals surface area contributed by atoms with Crippen LogP contribution >= 0.6 is 0 Å². The van der Waals surface area contributed by atoms with Crippen molar-refractivity contribution in [3.8, 4) is 0 Å². The van der Waals surface area contributed by atoms with Gasteiger partial charge in [-0.3, -0.25) is 24.0 Å². The Kier molecular flexibility index (Phi) is 9.97. The minimum atomic E-state index is -0.811. The molecule has 196 valence electrons. The number of amides is 2. The maximum Gasteiger partial charge on any atom is 0.254 e. The van der Waals surface area contributed by atoms with Gasteiger partial charge in [0.05, 0.1) is 6.04 Å². The summed E-state index contributed by atoms with van der Waals surface area (Å²) in [5, 5.41) is 2.76. The molecular formula is C29H40N2O5. The highest BCUT2D eigenvalue weighted by molar-refractivity contribution is 6.38. The Morgan fingerprint density at radius 2 is 1.58 bits per heavy atom. The van der Waals surface area contributed by atoms with Gasteiger partial charge >= 0.3 is 0 Å². The Labute approximate surface area is 214 Å². The van der Waals surface area contributed by atoms with Crippen LogP contribution in [0.25, 0.3) is 0 Å². The predicted molar refractivity (Wildman–Crippen MR) is 137 cm³/mol. The van der Waals surface area contributed by atoms with E-state index in [-0.39, 0.29) is 48.1 Å². The molecule has 2 aliphatic rings. The number of benzene rings is 1. The SMILES string of the molecule is CC(C)[C@H](CC(=O)[C@H](C)NC(=O)C1CCCN1C(=O)c1ccccc1)C(=O)C(=O)CC1CCCCC1. The van der Waals surface area contributed by atoms with E-state index < -0.39 is 23.8 Å². The first-order valence-corrected chi connectivity index (χ1v) is 13.4. The van der Waals surface area contributed by atoms with Crippen molar-refractivity contribution in [2.75, 3.05) is 6.54 Å². The molecule has 7 nitrogen and oxygen atoms in total. The molecule has 1 aromatic carbocycles. The molecule has 1 N–H and O–H groups in total. The zero-order valence-electron chi connectivity index (χ0n) is 21.8. The lowest BCUT2D eigenvalue weighted by Crippen LogP contribution is -2.50. The molecular weight excluding hydrogens is 456 g/mol. The summed E-state index contributed by atoms with van der Waals surface area (Å²) in [5.41, 5.74) is 0.525. The number of Topliss-reactive ketones (excluding diaryl/α,β-unsaturated/α-hetero) is 3. The summed E-state index contributed by atoms with van der Waals surface area (Å²) in [5.74, 6) is -2.25. The molecule has 1 aliphatic heterocycles. The summed E-state index contributed by atoms with van der Waals surface area (Å²) in [6.45, 7) is 5.78. The van der Waals surface area contributed by atoms with Gasteiger partial charge in [0.15, 0.2) is 11.6 Å². The number of likely N-dealkylation sites (tertiary alicyclic amines) is 1. The summed E-state index contributed by atoms with van der Waals surface area (Å²) < 4.78 is 0. The van der Waals surface area contributed by atoms with Crippen molar-refractivity contribution >= 4 is 29.2 Å². The van der Waals surface area contributed by atoms with E-state index in [2.05, 4.69) is 5.32 Å². The molecule has 2 amide bonds. The molecule has 0 spiro atoms. The summed E-state index contributed by atoms with van der Waals surface area (Å²) >= 11 is 0. The van der Waals surface area contributed by atoms with Crippen LogP contribution < -0.4 is 5.32 Å². The maximum absolute atomic E-state index is 13.0. The van der Waals surface area contributed by atoms with Gasteiger partial charge in [-0.15, -0.1) is 0 Å². The molecule has 1 unspecified atom stereocenters. The number of hydrogen-bond acceptors (Lipinski definition) is 5. The second kappa shape index (κ2) is 12.9. The molecule has 3 rings (SSSR count). The van der Waals surface area contributed by atoms with Gasteiger partial charge in [-0.2, -0.15) is 0 Å². The molecule has 1 saturated heterocycles. The van der Waals surface area contributed by atoms with Crippen molar-refractivity contribution in [2.45, 2.75) is 90.6 Å². The van der Waals surface area contributed by atoms with Gasteiger partial charge in [0.2, 0.25) is 11.7 Å². The monoisotopic (exact) mass is 496 g/mol. The Balaban J connectivity index is 1.57. The lowest BCUT2D eigenvalue weighted by Gasteiger charge is -2.26. The average Bonchev–Trinajstić information content (AvgIpc) is 3.37. The van der Waals surface area contributed by atoms with Crippen molar-refractivity contribution in [3.63, 3.8) is 0 Å². The molecule has 0 radical (unpaired) electrons. The highest BCUT2D eigenvalue weighted by Crippen LogP contribution is 2.28. The van der Waals surface area contributed by atoms with Crippen LogP contribution in [0.4, 0.5) is 0 Å². The van der Waals surface area contributed by atoms with Crippen LogP contribution in [0.1, 0.15) is 88.9 Å². The fraction of sp³-hybridized carbons (Fsp3) is 0.621. The van der Waals surface area contributed by atoms with E-state index in [1.165, 1.54) is 6.42 Å². The summed E-state index contributed by atoms with van der Waals surface area (Å²) in [6.07, 6.45) is 6.80. The number of hydrogen-bond donors (Lipinski definition) is 1. The minimum Gasteiger partial charge on any atom is -0.345 e. The average molecular weight is 497 g/mol. The second-order valence-electron chi connectivity index (χ2n) is 10.8. The molecule has 2 fully saturated rings. The molecule has 3 atom stereocenters. The lowest BCUT2D eigenvalue weighted by atomic mass is 9.80. The van der Waals surface area contributed by atoms with E-state index in [0.717, 1.165) is 25.7 Å². The van der Waals surface area contributed by atoms with E-state index in [4.69, 9.17) is 0 Å². The summed E-state index contributed by atoms with van der Waals surface area (Å²) in [4.78, 5) is 66.1. The van der Waals surface area contributed by atoms with Crippen LogP contribution in [0.2, 0.25) is 0 Å². The van der Waals surface area contributed by atoms with Crippen LogP contribution in [0.5, 0.6) is 0 Å². The molecule has 1 aromatic rings. The topological polar surface area (TPSA) is 101 Å². The number of carbonyl (C=O) groups excluding carboxylic acids is 5. The third kappa shape index (κ3) is 7.11. The van der Waals surface area contributed by atoms with Crippen LogP contribution in [0, 0.1) is 17.8 Å². The van der Waals surface area contributed by atoms with Crippen molar-refractivity contribution in [3.05, 3.63) is 35.9 Å². The highest BCUT2D eigenvalue weighted by atomic mass is 16.2. The van der Waals surface area contributed by atoms with Gasteiger partial charge in [-0.25, -0.2) is 0 Å². The van der Waals surface area contributed by atoms with Gasteiger partial charge < -0.3 is 10.2 Å². The van der Waals surface area contributed by atoms with Crippen molar-refractivity contribution in [1.82, 2.24) is 10.2 Å². The van der Waals surface area contributed by atoms with E-state index in [1.54, 1.807) is 36.1 Å². The molecule has 1 heterocycles. The smallest absolute Gasteiger partial charge is 0.254 e. The number of rotatable bonds is 11. The Hall–Kier alpha value is -2.83. The van der Waals surface area contributed by atoms with Gasteiger partial charge in [-0.05, 0) is 43.7 Å². The van der Waals surface area contributed by atoms with E-state index in [9.17, 15) is 24.0 Å². The van der Waals surface area contributed by atoms with Gasteiger partial charge in [0.1, 0.15) is 6.04 Å². The predicted octanol–water partition coefficient (Wildman–Crippen LogP) is 4.14. The largest absolute Gasteiger partial charge is 0.345 e. The first kappa shape index (κ1) is 27.8. The maximum atomic E-state index is 13.0. The van der Waals surface area contributed by atoms with Gasteiger partial charge in [-0.1, -0.05) is 64.2 Å². The third-order valence-corrected chi connectivity index (χ3v) is 7.72. The standard InChI is InChI=1S/C29H40N2O5/c1-19(2)23(27(34)26(33)17-21-11-6-4-7-12-21)18-25(32)20(3)30-28(35)24-15-10-16-31(24)29(36)22-13-8-5-9-14-22/h5,8-9,13-14,19-21,23-24H,4,6-7,10-12,15-18H2,1-3H3,(H,30,35)/t20-,23-,24?/m0/s1. The summed E-state index contributed by atoms with van der Waals surface area (Å²) in [7, 11) is 0. The quantitative estimate of drug-likeness (QED) is 0.464. The fourth-order valence-electron chi connectivity index (χ4n) is 5.40. The van der Waals surface area contributed by atoms with Crippen molar-refractivity contribution in [1.29, 1.82) is 0 Å². The van der Waals surface area contributed by atoms with Gasteiger partial charge in [0.25, 0.3) is 5.91 Å². The number of nitrogens with one attached hydrogen (secondary N) is 1. The van der Waals surface area contributed by atoms with Crippen molar-refractivity contribution in [2.24, 2.45) is 17.8 Å². The Morgan fingerprint density at radius 3 is 2.22 bits per heavy atom. The third-order valence-electron chi connectivity index (χ3n) is 7.72. The fourth-order valence-corrected chi connectivity index (χ4v) is 5.40. The summed E-state index contributed by atoms with van der Waals surface area (Å²) in [6, 6.07) is 7.40. The van der Waals surface area contributed by atoms with Crippen LogP contribution in [-0.2, 0) is 19.2 Å². The van der Waals surface area contributed by atoms with Crippen LogP contribution in [-0.4, -0.2) is 52.7 Å². The zero-order valence-corrected chi connectivity index (χ0v) is 21.8. The van der Waals surface area contributed by atoms with Gasteiger partial charge in [0, 0.05) is 30.9 Å². The van der Waals surface area contributed by atoms with Crippen LogP contribution in [0.15, 0.2) is 30.3 Å². The lowest BCUT2D eigenvalue weighted by molar-refractivity contribution is -0.142. The minimum absolute atomic E-state index is 0.0777. The highest BCUT2D eigenvalue weighted by Gasteiger charge is 2.37. The van der Waals surface area contributed by atoms with Crippen molar-refractivity contribution < 1.29 is 24.0 Å². The molecule has 36 heavy (non-hydrogen) atoms. The van der Waals surface area contributed by atoms with E-state index >= 15 is 0 Å². The Morgan fingerprint density at radius 1 is 0.917 bits per heavy atom. The normalized spacial score (nSPS) is 20.1. The molecule has 0 aromatic heterocycles. The second-order valence-corrected chi connectivity index (χ2v) is 10.8. The van der Waals surface area contributed by atoms with E-state index in [1.807, 2.05) is 19.9 Å². The molecule has 7 heteroatoms. The number of carbonyl (C=O) groups is 5. The van der Waals surface area contributed by atoms with Crippen LogP contribution in [0.3, 0.4) is 0 Å². The molecule has 1 saturated carbocycles. The first-order valence-electron chi connectivity index (χ1n) is 13.4. The first-order chi connectivity index (χ1) is 17.2.